The summed E-state index contributed by atoms with van der Waals surface area (Å²) in [4.78, 5) is 24.5. The lowest BCUT2D eigenvalue weighted by Crippen LogP contribution is -2.47. The molecule has 1 aromatic carbocycles. The molecule has 0 amide bonds. The summed E-state index contributed by atoms with van der Waals surface area (Å²) >= 11 is 0. The molecular weight excluding hydrogens is 412 g/mol. The van der Waals surface area contributed by atoms with Gasteiger partial charge in [-0.2, -0.15) is 0 Å². The number of piperazine rings is 1. The first-order chi connectivity index (χ1) is 16.1. The number of hydrogen-bond acceptors (Lipinski definition) is 6. The van der Waals surface area contributed by atoms with E-state index in [1.54, 1.807) is 0 Å². The predicted octanol–water partition coefficient (Wildman–Crippen LogP) is 3.50. The second-order valence-electron chi connectivity index (χ2n) is 10.1. The number of carbonyl (C=O) groups is 1. The molecule has 176 valence electrons. The molecule has 2 aromatic rings. The molecule has 6 heteroatoms. The topological polar surface area (TPSA) is 48.9 Å². The van der Waals surface area contributed by atoms with E-state index in [4.69, 9.17) is 4.74 Å². The van der Waals surface area contributed by atoms with Gasteiger partial charge in [0.05, 0.1) is 5.41 Å². The number of carbonyl (C=O) groups excluding carboxylic acids is 1. The van der Waals surface area contributed by atoms with Crippen LogP contribution in [-0.4, -0.2) is 72.7 Å². The maximum Gasteiger partial charge on any atom is 0.312 e. The monoisotopic (exact) mass is 448 g/mol. The van der Waals surface area contributed by atoms with Crippen LogP contribution in [0, 0.1) is 12.3 Å². The summed E-state index contributed by atoms with van der Waals surface area (Å²) in [5, 5.41) is 0. The van der Waals surface area contributed by atoms with E-state index in [1.807, 2.05) is 18.5 Å². The molecule has 0 radical (unpaired) electrons. The minimum absolute atomic E-state index is 0.0534. The number of esters is 1. The van der Waals surface area contributed by atoms with E-state index < -0.39 is 0 Å². The van der Waals surface area contributed by atoms with Crippen molar-refractivity contribution in [3.8, 4) is 0 Å². The first kappa shape index (κ1) is 22.4. The van der Waals surface area contributed by atoms with E-state index in [-0.39, 0.29) is 17.5 Å². The first-order valence-corrected chi connectivity index (χ1v) is 12.5. The van der Waals surface area contributed by atoms with Gasteiger partial charge in [0.15, 0.2) is 0 Å². The Morgan fingerprint density at radius 3 is 2.45 bits per heavy atom. The number of anilines is 1. The minimum Gasteiger partial charge on any atom is -0.462 e. The molecule has 0 saturated carbocycles. The summed E-state index contributed by atoms with van der Waals surface area (Å²) in [6.45, 7) is 10.2. The lowest BCUT2D eigenvalue weighted by atomic mass is 9.75. The Labute approximate surface area is 197 Å². The highest BCUT2D eigenvalue weighted by atomic mass is 16.6. The highest BCUT2D eigenvalue weighted by molar-refractivity contribution is 5.79. The van der Waals surface area contributed by atoms with E-state index in [0.29, 0.717) is 0 Å². The SMILES string of the molecule is Cc1ccc(N2CCN(CCC3CC4(CCN(Cc5cccnc5)CC4)C(=O)O3)CC2)cc1. The Morgan fingerprint density at radius 2 is 1.76 bits per heavy atom. The fraction of sp³-hybridized carbons (Fsp3) is 0.556. The number of benzene rings is 1. The van der Waals surface area contributed by atoms with Gasteiger partial charge in [0.2, 0.25) is 0 Å². The standard InChI is InChI=1S/C27H36N4O2/c1-22-4-6-24(7-5-22)31-17-15-29(16-18-31)12-8-25-19-27(26(32)33-25)9-13-30(14-10-27)21-23-3-2-11-28-20-23/h2-7,11,20,25H,8-10,12-19,21H2,1H3. The van der Waals surface area contributed by atoms with Crippen LogP contribution in [0.5, 0.6) is 0 Å². The lowest BCUT2D eigenvalue weighted by Gasteiger charge is -2.37. The number of piperidine rings is 1. The average molecular weight is 449 g/mol. The smallest absolute Gasteiger partial charge is 0.312 e. The molecule has 1 unspecified atom stereocenters. The normalized spacial score (nSPS) is 23.7. The Morgan fingerprint density at radius 1 is 1.00 bits per heavy atom. The van der Waals surface area contributed by atoms with Crippen molar-refractivity contribution >= 4 is 11.7 Å². The van der Waals surface area contributed by atoms with Crippen molar-refractivity contribution < 1.29 is 9.53 Å². The number of cyclic esters (lactones) is 1. The highest BCUT2D eigenvalue weighted by Gasteiger charge is 2.50. The molecule has 1 atom stereocenters. The summed E-state index contributed by atoms with van der Waals surface area (Å²) in [5.41, 5.74) is 3.62. The van der Waals surface area contributed by atoms with Gasteiger partial charge in [0, 0.05) is 63.8 Å². The summed E-state index contributed by atoms with van der Waals surface area (Å²) in [6, 6.07) is 12.9. The van der Waals surface area contributed by atoms with E-state index in [9.17, 15) is 4.79 Å². The van der Waals surface area contributed by atoms with Gasteiger partial charge in [-0.25, -0.2) is 0 Å². The van der Waals surface area contributed by atoms with Gasteiger partial charge in [-0.3, -0.25) is 19.6 Å². The van der Waals surface area contributed by atoms with Crippen molar-refractivity contribution in [1.82, 2.24) is 14.8 Å². The number of aromatic nitrogens is 1. The van der Waals surface area contributed by atoms with Gasteiger partial charge >= 0.3 is 5.97 Å². The van der Waals surface area contributed by atoms with Crippen LogP contribution >= 0.6 is 0 Å². The van der Waals surface area contributed by atoms with Crippen LogP contribution in [0.1, 0.15) is 36.8 Å². The number of nitrogens with zero attached hydrogens (tertiary/aromatic N) is 4. The zero-order valence-electron chi connectivity index (χ0n) is 19.8. The van der Waals surface area contributed by atoms with Gasteiger partial charge in [-0.15, -0.1) is 0 Å². The van der Waals surface area contributed by atoms with Gasteiger partial charge in [0.25, 0.3) is 0 Å². The molecule has 0 N–H and O–H groups in total. The first-order valence-electron chi connectivity index (χ1n) is 12.5. The van der Waals surface area contributed by atoms with Crippen LogP contribution in [0.4, 0.5) is 5.69 Å². The van der Waals surface area contributed by atoms with Gasteiger partial charge in [0.1, 0.15) is 6.10 Å². The second kappa shape index (κ2) is 9.82. The fourth-order valence-corrected chi connectivity index (χ4v) is 5.61. The summed E-state index contributed by atoms with van der Waals surface area (Å²) in [5.74, 6) is 0.0534. The second-order valence-corrected chi connectivity index (χ2v) is 10.1. The van der Waals surface area contributed by atoms with Crippen LogP contribution in [0.3, 0.4) is 0 Å². The van der Waals surface area contributed by atoms with Gasteiger partial charge in [-0.05, 0) is 63.0 Å². The number of ether oxygens (including phenoxy) is 1. The largest absolute Gasteiger partial charge is 0.462 e. The molecule has 5 rings (SSSR count). The lowest BCUT2D eigenvalue weighted by molar-refractivity contribution is -0.151. The molecule has 0 aliphatic carbocycles. The van der Waals surface area contributed by atoms with E-state index in [0.717, 1.165) is 78.0 Å². The van der Waals surface area contributed by atoms with Crippen LogP contribution in [0.15, 0.2) is 48.8 Å². The van der Waals surface area contributed by atoms with E-state index in [2.05, 4.69) is 56.9 Å². The summed E-state index contributed by atoms with van der Waals surface area (Å²) in [6.07, 6.45) is 7.51. The Hall–Kier alpha value is -2.44. The van der Waals surface area contributed by atoms with Crippen LogP contribution in [-0.2, 0) is 16.1 Å². The molecule has 3 fully saturated rings. The number of pyridine rings is 1. The molecule has 1 aromatic heterocycles. The summed E-state index contributed by atoms with van der Waals surface area (Å²) < 4.78 is 5.90. The molecule has 6 nitrogen and oxygen atoms in total. The third-order valence-corrected chi connectivity index (χ3v) is 7.81. The van der Waals surface area contributed by atoms with Crippen LogP contribution in [0.25, 0.3) is 0 Å². The van der Waals surface area contributed by atoms with Gasteiger partial charge in [-0.1, -0.05) is 23.8 Å². The summed E-state index contributed by atoms with van der Waals surface area (Å²) in [7, 11) is 0. The Bertz CT molecular complexity index is 917. The Kier molecular flexibility index (Phi) is 6.65. The van der Waals surface area contributed by atoms with Crippen molar-refractivity contribution in [2.75, 3.05) is 50.7 Å². The zero-order valence-corrected chi connectivity index (χ0v) is 19.8. The van der Waals surface area contributed by atoms with Crippen molar-refractivity contribution in [2.45, 2.75) is 45.3 Å². The van der Waals surface area contributed by atoms with Crippen molar-refractivity contribution in [1.29, 1.82) is 0 Å². The molecule has 3 aliphatic heterocycles. The maximum atomic E-state index is 12.8. The number of hydrogen-bond donors (Lipinski definition) is 0. The maximum absolute atomic E-state index is 12.8. The fourth-order valence-electron chi connectivity index (χ4n) is 5.61. The molecular formula is C27H36N4O2. The quantitative estimate of drug-likeness (QED) is 0.631. The molecule has 1 spiro atoms. The van der Waals surface area contributed by atoms with Crippen LogP contribution in [0.2, 0.25) is 0 Å². The van der Waals surface area contributed by atoms with E-state index >= 15 is 0 Å². The molecule has 3 aliphatic rings. The minimum atomic E-state index is -0.250. The number of likely N-dealkylation sites (tertiary alicyclic amines) is 1. The highest BCUT2D eigenvalue weighted by Crippen LogP contribution is 2.44. The molecule has 4 heterocycles. The zero-order chi connectivity index (χ0) is 22.7. The molecule has 3 saturated heterocycles. The van der Waals surface area contributed by atoms with Crippen molar-refractivity contribution in [3.05, 3.63) is 59.9 Å². The van der Waals surface area contributed by atoms with E-state index in [1.165, 1.54) is 16.8 Å². The third-order valence-electron chi connectivity index (χ3n) is 7.81. The number of rotatable bonds is 6. The Balaban J connectivity index is 1.06. The van der Waals surface area contributed by atoms with Crippen LogP contribution < -0.4 is 4.90 Å². The number of aryl methyl sites for hydroxylation is 1. The van der Waals surface area contributed by atoms with Crippen molar-refractivity contribution in [2.24, 2.45) is 5.41 Å². The van der Waals surface area contributed by atoms with Crippen molar-refractivity contribution in [3.63, 3.8) is 0 Å². The average Bonchev–Trinajstić information content (AvgIpc) is 3.15. The third kappa shape index (κ3) is 5.22. The predicted molar refractivity (Wildman–Crippen MR) is 130 cm³/mol. The molecule has 0 bridgehead atoms. The molecule has 33 heavy (non-hydrogen) atoms. The van der Waals surface area contributed by atoms with Gasteiger partial charge < -0.3 is 9.64 Å².